The first kappa shape index (κ1) is 12.3. The van der Waals surface area contributed by atoms with E-state index in [-0.39, 0.29) is 11.7 Å². The first-order valence-corrected chi connectivity index (χ1v) is 5.90. The topological polar surface area (TPSA) is 29.5 Å². The number of nitrogens with zero attached hydrogens (tertiary/aromatic N) is 1. The SMILES string of the molecule is CCCN(CC1CC1)C(=O)OC(C)(C)C. The van der Waals surface area contributed by atoms with Gasteiger partial charge in [0.25, 0.3) is 0 Å². The Morgan fingerprint density at radius 3 is 2.40 bits per heavy atom. The molecule has 1 fully saturated rings. The highest BCUT2D eigenvalue weighted by molar-refractivity contribution is 5.68. The Morgan fingerprint density at radius 1 is 1.40 bits per heavy atom. The van der Waals surface area contributed by atoms with E-state index in [4.69, 9.17) is 4.74 Å². The normalized spacial score (nSPS) is 16.3. The number of ether oxygens (including phenoxy) is 1. The molecule has 0 aliphatic heterocycles. The summed E-state index contributed by atoms with van der Waals surface area (Å²) < 4.78 is 5.37. The minimum atomic E-state index is -0.382. The van der Waals surface area contributed by atoms with Gasteiger partial charge in [0.15, 0.2) is 0 Å². The molecule has 0 N–H and O–H groups in total. The van der Waals surface area contributed by atoms with E-state index in [9.17, 15) is 4.79 Å². The van der Waals surface area contributed by atoms with Crippen LogP contribution in [0.3, 0.4) is 0 Å². The number of hydrogen-bond donors (Lipinski definition) is 0. The third-order valence-corrected chi connectivity index (χ3v) is 2.32. The van der Waals surface area contributed by atoms with Crippen LogP contribution in [0.5, 0.6) is 0 Å². The molecule has 1 aliphatic rings. The maximum Gasteiger partial charge on any atom is 0.410 e. The van der Waals surface area contributed by atoms with Crippen molar-refractivity contribution >= 4 is 6.09 Å². The highest BCUT2D eigenvalue weighted by Crippen LogP contribution is 2.30. The van der Waals surface area contributed by atoms with Crippen LogP contribution in [0.1, 0.15) is 47.0 Å². The Labute approximate surface area is 92.8 Å². The lowest BCUT2D eigenvalue weighted by atomic mass is 10.2. The Kier molecular flexibility index (Phi) is 4.00. The largest absolute Gasteiger partial charge is 0.444 e. The van der Waals surface area contributed by atoms with Gasteiger partial charge < -0.3 is 9.64 Å². The lowest BCUT2D eigenvalue weighted by Crippen LogP contribution is -2.38. The van der Waals surface area contributed by atoms with Gasteiger partial charge >= 0.3 is 6.09 Å². The van der Waals surface area contributed by atoms with Gasteiger partial charge in [-0.3, -0.25) is 0 Å². The molecule has 1 aliphatic carbocycles. The molecule has 0 spiro atoms. The van der Waals surface area contributed by atoms with Gasteiger partial charge in [-0.25, -0.2) is 4.79 Å². The lowest BCUT2D eigenvalue weighted by Gasteiger charge is -2.27. The fourth-order valence-corrected chi connectivity index (χ4v) is 1.47. The zero-order valence-corrected chi connectivity index (χ0v) is 10.4. The summed E-state index contributed by atoms with van der Waals surface area (Å²) in [5, 5.41) is 0. The average Bonchev–Trinajstić information content (AvgIpc) is 2.84. The first-order chi connectivity index (χ1) is 6.92. The van der Waals surface area contributed by atoms with Crippen molar-refractivity contribution in [2.24, 2.45) is 5.92 Å². The average molecular weight is 213 g/mol. The molecular weight excluding hydrogens is 190 g/mol. The minimum absolute atomic E-state index is 0.156. The smallest absolute Gasteiger partial charge is 0.410 e. The van der Waals surface area contributed by atoms with Gasteiger partial charge in [-0.2, -0.15) is 0 Å². The van der Waals surface area contributed by atoms with Gasteiger partial charge in [-0.05, 0) is 46.0 Å². The van der Waals surface area contributed by atoms with Crippen LogP contribution in [0.15, 0.2) is 0 Å². The highest BCUT2D eigenvalue weighted by atomic mass is 16.6. The van der Waals surface area contributed by atoms with Crippen LogP contribution in [-0.4, -0.2) is 29.7 Å². The molecule has 0 aromatic heterocycles. The predicted molar refractivity (Wildman–Crippen MR) is 60.8 cm³/mol. The second kappa shape index (κ2) is 4.86. The zero-order chi connectivity index (χ0) is 11.5. The first-order valence-electron chi connectivity index (χ1n) is 5.90. The third kappa shape index (κ3) is 5.05. The summed E-state index contributed by atoms with van der Waals surface area (Å²) in [7, 11) is 0. The number of amides is 1. The quantitative estimate of drug-likeness (QED) is 0.718. The molecule has 1 saturated carbocycles. The molecule has 15 heavy (non-hydrogen) atoms. The fraction of sp³-hybridized carbons (Fsp3) is 0.917. The van der Waals surface area contributed by atoms with Crippen molar-refractivity contribution in [1.82, 2.24) is 4.90 Å². The summed E-state index contributed by atoms with van der Waals surface area (Å²) in [6.45, 7) is 9.50. The summed E-state index contributed by atoms with van der Waals surface area (Å²) in [5.41, 5.74) is -0.382. The fourth-order valence-electron chi connectivity index (χ4n) is 1.47. The van der Waals surface area contributed by atoms with Gasteiger partial charge in [0.05, 0.1) is 0 Å². The van der Waals surface area contributed by atoms with Gasteiger partial charge in [0.1, 0.15) is 5.60 Å². The van der Waals surface area contributed by atoms with Crippen LogP contribution in [-0.2, 0) is 4.74 Å². The van der Waals surface area contributed by atoms with Crippen molar-refractivity contribution in [1.29, 1.82) is 0 Å². The summed E-state index contributed by atoms with van der Waals surface area (Å²) >= 11 is 0. The van der Waals surface area contributed by atoms with Crippen LogP contribution in [0.25, 0.3) is 0 Å². The second-order valence-electron chi connectivity index (χ2n) is 5.37. The number of rotatable bonds is 4. The van der Waals surface area contributed by atoms with Gasteiger partial charge in [-0.1, -0.05) is 6.92 Å². The van der Waals surface area contributed by atoms with E-state index < -0.39 is 0 Å². The summed E-state index contributed by atoms with van der Waals surface area (Å²) in [4.78, 5) is 13.7. The van der Waals surface area contributed by atoms with Crippen molar-refractivity contribution in [2.75, 3.05) is 13.1 Å². The van der Waals surface area contributed by atoms with Gasteiger partial charge in [0, 0.05) is 13.1 Å². The molecule has 88 valence electrons. The molecule has 0 atom stereocenters. The number of carbonyl (C=O) groups excluding carboxylic acids is 1. The molecule has 1 amide bonds. The number of carbonyl (C=O) groups is 1. The zero-order valence-electron chi connectivity index (χ0n) is 10.4. The van der Waals surface area contributed by atoms with Gasteiger partial charge in [-0.15, -0.1) is 0 Å². The van der Waals surface area contributed by atoms with E-state index in [1.165, 1.54) is 12.8 Å². The molecule has 1 rings (SSSR count). The van der Waals surface area contributed by atoms with E-state index in [2.05, 4.69) is 6.92 Å². The second-order valence-corrected chi connectivity index (χ2v) is 5.37. The van der Waals surface area contributed by atoms with Crippen molar-refractivity contribution in [3.8, 4) is 0 Å². The monoisotopic (exact) mass is 213 g/mol. The van der Waals surface area contributed by atoms with E-state index >= 15 is 0 Å². The van der Waals surface area contributed by atoms with E-state index in [1.54, 1.807) is 0 Å². The van der Waals surface area contributed by atoms with Crippen LogP contribution in [0.4, 0.5) is 4.79 Å². The third-order valence-electron chi connectivity index (χ3n) is 2.32. The van der Waals surface area contributed by atoms with E-state index in [1.807, 2.05) is 25.7 Å². The summed E-state index contributed by atoms with van der Waals surface area (Å²) in [6, 6.07) is 0. The van der Waals surface area contributed by atoms with Gasteiger partial charge in [0.2, 0.25) is 0 Å². The van der Waals surface area contributed by atoms with E-state index in [0.29, 0.717) is 0 Å². The molecule has 3 heteroatoms. The van der Waals surface area contributed by atoms with E-state index in [0.717, 1.165) is 25.4 Å². The van der Waals surface area contributed by atoms with Crippen LogP contribution in [0.2, 0.25) is 0 Å². The maximum atomic E-state index is 11.8. The molecule has 0 saturated heterocycles. The van der Waals surface area contributed by atoms with Crippen molar-refractivity contribution < 1.29 is 9.53 Å². The van der Waals surface area contributed by atoms with Crippen LogP contribution >= 0.6 is 0 Å². The molecule has 0 aromatic rings. The molecule has 0 bridgehead atoms. The standard InChI is InChI=1S/C12H23NO2/c1-5-8-13(9-10-6-7-10)11(14)15-12(2,3)4/h10H,5-9H2,1-4H3. The molecular formula is C12H23NO2. The maximum absolute atomic E-state index is 11.8. The Bertz CT molecular complexity index is 216. The Balaban J connectivity index is 2.42. The molecule has 0 radical (unpaired) electrons. The predicted octanol–water partition coefficient (Wildman–Crippen LogP) is 3.04. The minimum Gasteiger partial charge on any atom is -0.444 e. The molecule has 0 unspecified atom stereocenters. The summed E-state index contributed by atoms with van der Waals surface area (Å²) in [6.07, 6.45) is 3.37. The molecule has 0 aromatic carbocycles. The van der Waals surface area contributed by atoms with Crippen molar-refractivity contribution in [3.63, 3.8) is 0 Å². The lowest BCUT2D eigenvalue weighted by molar-refractivity contribution is 0.0241. The van der Waals surface area contributed by atoms with Crippen LogP contribution < -0.4 is 0 Å². The molecule has 3 nitrogen and oxygen atoms in total. The summed E-state index contributed by atoms with van der Waals surface area (Å²) in [5.74, 6) is 0.726. The number of hydrogen-bond acceptors (Lipinski definition) is 2. The van der Waals surface area contributed by atoms with Crippen molar-refractivity contribution in [2.45, 2.75) is 52.6 Å². The Morgan fingerprint density at radius 2 is 2.00 bits per heavy atom. The Hall–Kier alpha value is -0.730. The van der Waals surface area contributed by atoms with Crippen LogP contribution in [0, 0.1) is 5.92 Å². The van der Waals surface area contributed by atoms with Crippen molar-refractivity contribution in [3.05, 3.63) is 0 Å². The highest BCUT2D eigenvalue weighted by Gasteiger charge is 2.28. The molecule has 0 heterocycles.